The smallest absolute Gasteiger partial charge is 0.207 e. The number of aromatic nitrogens is 1. The predicted octanol–water partition coefficient (Wildman–Crippen LogP) is 2.30. The van der Waals surface area contributed by atoms with Crippen LogP contribution in [0, 0.1) is 0 Å². The van der Waals surface area contributed by atoms with Gasteiger partial charge in [0.2, 0.25) is 6.29 Å². The highest BCUT2D eigenvalue weighted by Gasteiger charge is 2.30. The van der Waals surface area contributed by atoms with Crippen LogP contribution in [0.25, 0.3) is 0 Å². The Balaban J connectivity index is 2.07. The Hall–Kier alpha value is 0.0300. The third-order valence-electron chi connectivity index (χ3n) is 1.37. The molecule has 0 amide bonds. The molecule has 1 fully saturated rings. The van der Waals surface area contributed by atoms with Gasteiger partial charge in [-0.05, 0) is 22.9 Å². The number of ether oxygens (including phenoxy) is 2. The summed E-state index contributed by atoms with van der Waals surface area (Å²) in [7, 11) is 0. The molecule has 0 aliphatic carbocycles. The second-order valence-corrected chi connectivity index (χ2v) is 4.33. The molecule has 1 aromatic rings. The molecule has 0 saturated carbocycles. The predicted molar refractivity (Wildman–Crippen MR) is 44.2 cm³/mol. The second kappa shape index (κ2) is 2.82. The lowest BCUT2D eigenvalue weighted by Gasteiger charge is -2.32. The molecular formula is C6H6BrNO2S. The Morgan fingerprint density at radius 1 is 1.64 bits per heavy atom. The maximum Gasteiger partial charge on any atom is 0.207 e. The van der Waals surface area contributed by atoms with Crippen molar-refractivity contribution in [2.45, 2.75) is 19.5 Å². The zero-order chi connectivity index (χ0) is 7.84. The molecule has 1 aliphatic heterocycles. The second-order valence-electron chi connectivity index (χ2n) is 2.20. The number of halogens is 1. The monoisotopic (exact) mass is 235 g/mol. The van der Waals surface area contributed by atoms with Crippen molar-refractivity contribution in [2.75, 3.05) is 0 Å². The molecule has 2 heterocycles. The minimum Gasteiger partial charge on any atom is -0.318 e. The molecule has 3 nitrogen and oxygen atoms in total. The summed E-state index contributed by atoms with van der Waals surface area (Å²) in [5.74, 6) is 0. The number of hydrogen-bond acceptors (Lipinski definition) is 4. The lowest BCUT2D eigenvalue weighted by atomic mass is 10.4. The van der Waals surface area contributed by atoms with E-state index in [1.807, 2.05) is 12.3 Å². The average Bonchev–Trinajstić information content (AvgIpc) is 2.29. The van der Waals surface area contributed by atoms with E-state index in [1.165, 1.54) is 11.3 Å². The van der Waals surface area contributed by atoms with Gasteiger partial charge in [-0.15, -0.1) is 11.3 Å². The zero-order valence-electron chi connectivity index (χ0n) is 5.78. The molecule has 60 valence electrons. The van der Waals surface area contributed by atoms with E-state index in [9.17, 15) is 0 Å². The van der Waals surface area contributed by atoms with Crippen molar-refractivity contribution in [1.29, 1.82) is 0 Å². The first-order chi connectivity index (χ1) is 5.25. The van der Waals surface area contributed by atoms with Crippen LogP contribution in [0.3, 0.4) is 0 Å². The van der Waals surface area contributed by atoms with E-state index in [0.717, 1.165) is 9.61 Å². The first-order valence-electron chi connectivity index (χ1n) is 3.17. The molecule has 1 aromatic heterocycles. The van der Waals surface area contributed by atoms with Crippen molar-refractivity contribution in [3.63, 3.8) is 0 Å². The standard InChI is InChI=1S/C6H6BrNO2S/c1-3-9-5(10-3)4-2-11-6(7)8-4/h2-3,5H,1H3. The van der Waals surface area contributed by atoms with Gasteiger partial charge in [-0.1, -0.05) is 0 Å². The third kappa shape index (κ3) is 1.46. The number of nitrogens with zero attached hydrogens (tertiary/aromatic N) is 1. The lowest BCUT2D eigenvalue weighted by Crippen LogP contribution is -2.31. The average molecular weight is 236 g/mol. The van der Waals surface area contributed by atoms with E-state index in [-0.39, 0.29) is 12.6 Å². The van der Waals surface area contributed by atoms with Crippen molar-refractivity contribution >= 4 is 27.3 Å². The highest BCUT2D eigenvalue weighted by molar-refractivity contribution is 9.11. The third-order valence-corrected chi connectivity index (χ3v) is 2.75. The van der Waals surface area contributed by atoms with Crippen LogP contribution >= 0.6 is 27.3 Å². The molecule has 2 rings (SSSR count). The Bertz CT molecular complexity index is 259. The summed E-state index contributed by atoms with van der Waals surface area (Å²) in [6.45, 7) is 1.86. The number of thiazole rings is 1. The van der Waals surface area contributed by atoms with Crippen LogP contribution in [0.4, 0.5) is 0 Å². The van der Waals surface area contributed by atoms with Gasteiger partial charge in [-0.3, -0.25) is 0 Å². The summed E-state index contributed by atoms with van der Waals surface area (Å²) in [6, 6.07) is 0. The molecule has 0 atom stereocenters. The summed E-state index contributed by atoms with van der Waals surface area (Å²) >= 11 is 4.79. The maximum atomic E-state index is 5.24. The Morgan fingerprint density at radius 2 is 2.36 bits per heavy atom. The molecule has 0 aromatic carbocycles. The fourth-order valence-electron chi connectivity index (χ4n) is 0.869. The van der Waals surface area contributed by atoms with Crippen molar-refractivity contribution in [3.8, 4) is 0 Å². The quantitative estimate of drug-likeness (QED) is 0.749. The molecule has 0 radical (unpaired) electrons. The van der Waals surface area contributed by atoms with Gasteiger partial charge < -0.3 is 9.47 Å². The first kappa shape index (κ1) is 7.67. The minimum absolute atomic E-state index is 0.0829. The van der Waals surface area contributed by atoms with Gasteiger partial charge >= 0.3 is 0 Å². The molecule has 1 aliphatic rings. The van der Waals surface area contributed by atoms with Gasteiger partial charge in [0, 0.05) is 5.38 Å². The summed E-state index contributed by atoms with van der Waals surface area (Å²) < 4.78 is 11.3. The van der Waals surface area contributed by atoms with Gasteiger partial charge in [0.1, 0.15) is 5.69 Å². The summed E-state index contributed by atoms with van der Waals surface area (Å²) in [5, 5.41) is 1.92. The largest absolute Gasteiger partial charge is 0.318 e. The fraction of sp³-hybridized carbons (Fsp3) is 0.500. The van der Waals surface area contributed by atoms with Crippen LogP contribution in [-0.2, 0) is 9.47 Å². The lowest BCUT2D eigenvalue weighted by molar-refractivity contribution is -0.383. The number of hydrogen-bond donors (Lipinski definition) is 0. The summed E-state index contributed by atoms with van der Waals surface area (Å²) in [4.78, 5) is 4.15. The molecule has 1 saturated heterocycles. The molecule has 0 spiro atoms. The fourth-order valence-corrected chi connectivity index (χ4v) is 1.89. The zero-order valence-corrected chi connectivity index (χ0v) is 8.18. The molecule has 0 bridgehead atoms. The van der Waals surface area contributed by atoms with Crippen LogP contribution in [-0.4, -0.2) is 11.3 Å². The van der Waals surface area contributed by atoms with E-state index in [0.29, 0.717) is 0 Å². The molecule has 0 N–H and O–H groups in total. The Labute approximate surface area is 76.5 Å². The topological polar surface area (TPSA) is 31.4 Å². The minimum atomic E-state index is -0.243. The Morgan fingerprint density at radius 3 is 2.82 bits per heavy atom. The highest BCUT2D eigenvalue weighted by atomic mass is 79.9. The van der Waals surface area contributed by atoms with E-state index in [2.05, 4.69) is 20.9 Å². The van der Waals surface area contributed by atoms with Crippen LogP contribution < -0.4 is 0 Å². The summed E-state index contributed by atoms with van der Waals surface area (Å²) in [5.41, 5.74) is 0.847. The van der Waals surface area contributed by atoms with E-state index in [1.54, 1.807) is 0 Å². The normalized spacial score (nSPS) is 30.0. The van der Waals surface area contributed by atoms with Crippen LogP contribution in [0.15, 0.2) is 9.30 Å². The molecular weight excluding hydrogens is 230 g/mol. The maximum absolute atomic E-state index is 5.24. The van der Waals surface area contributed by atoms with E-state index in [4.69, 9.17) is 9.47 Å². The Kier molecular flexibility index (Phi) is 1.97. The van der Waals surface area contributed by atoms with Crippen molar-refractivity contribution in [2.24, 2.45) is 0 Å². The van der Waals surface area contributed by atoms with E-state index < -0.39 is 0 Å². The van der Waals surface area contributed by atoms with Gasteiger partial charge in [0.05, 0.1) is 0 Å². The van der Waals surface area contributed by atoms with Crippen molar-refractivity contribution in [1.82, 2.24) is 4.98 Å². The van der Waals surface area contributed by atoms with Crippen LogP contribution in [0.5, 0.6) is 0 Å². The van der Waals surface area contributed by atoms with Crippen molar-refractivity contribution < 1.29 is 9.47 Å². The van der Waals surface area contributed by atoms with E-state index >= 15 is 0 Å². The number of rotatable bonds is 1. The highest BCUT2D eigenvalue weighted by Crippen LogP contribution is 2.32. The first-order valence-corrected chi connectivity index (χ1v) is 4.85. The van der Waals surface area contributed by atoms with Crippen LogP contribution in [0.1, 0.15) is 18.9 Å². The SMILES string of the molecule is CC1OC(c2csc(Br)n2)O1. The van der Waals surface area contributed by atoms with Gasteiger partial charge in [-0.2, -0.15) is 0 Å². The molecule has 11 heavy (non-hydrogen) atoms. The van der Waals surface area contributed by atoms with Crippen LogP contribution in [0.2, 0.25) is 0 Å². The van der Waals surface area contributed by atoms with Gasteiger partial charge in [0.15, 0.2) is 10.2 Å². The van der Waals surface area contributed by atoms with Crippen molar-refractivity contribution in [3.05, 3.63) is 15.0 Å². The molecule has 0 unspecified atom stereocenters. The van der Waals surface area contributed by atoms with Gasteiger partial charge in [-0.25, -0.2) is 4.98 Å². The van der Waals surface area contributed by atoms with Gasteiger partial charge in [0.25, 0.3) is 0 Å². The summed E-state index contributed by atoms with van der Waals surface area (Å²) in [6.07, 6.45) is -0.326. The molecule has 5 heteroatoms.